The zero-order chi connectivity index (χ0) is 22.1. The number of aryl methyl sites for hydroxylation is 2. The summed E-state index contributed by atoms with van der Waals surface area (Å²) in [5, 5.41) is 19.3. The molecule has 164 valence electrons. The lowest BCUT2D eigenvalue weighted by Gasteiger charge is -2.33. The molecule has 0 amide bonds. The van der Waals surface area contributed by atoms with Crippen LogP contribution in [0.3, 0.4) is 0 Å². The van der Waals surface area contributed by atoms with Crippen molar-refractivity contribution in [1.82, 2.24) is 30.3 Å². The van der Waals surface area contributed by atoms with Crippen LogP contribution in [0.5, 0.6) is 0 Å². The lowest BCUT2D eigenvalue weighted by molar-refractivity contribution is 0.412. The second-order valence-corrected chi connectivity index (χ2v) is 8.33. The Balaban J connectivity index is 1.31. The number of hydrogen-bond donors (Lipinski definition) is 1. The molecule has 8 heteroatoms. The summed E-state index contributed by atoms with van der Waals surface area (Å²) in [6.45, 7) is 4.43. The van der Waals surface area contributed by atoms with Crippen molar-refractivity contribution in [3.8, 4) is 11.4 Å². The number of benzene rings is 1. The van der Waals surface area contributed by atoms with Gasteiger partial charge >= 0.3 is 0 Å². The van der Waals surface area contributed by atoms with Gasteiger partial charge in [0, 0.05) is 55.9 Å². The third-order valence-corrected chi connectivity index (χ3v) is 6.29. The van der Waals surface area contributed by atoms with E-state index < -0.39 is 5.95 Å². The Morgan fingerprint density at radius 2 is 1.88 bits per heavy atom. The van der Waals surface area contributed by atoms with Crippen LogP contribution in [0.25, 0.3) is 22.2 Å². The summed E-state index contributed by atoms with van der Waals surface area (Å²) >= 11 is 0. The van der Waals surface area contributed by atoms with Crippen molar-refractivity contribution in [2.45, 2.75) is 32.4 Å². The molecule has 4 aromatic rings. The van der Waals surface area contributed by atoms with Crippen LogP contribution in [0.4, 0.5) is 10.2 Å². The monoisotopic (exact) mass is 431 g/mol. The normalized spacial score (nSPS) is 14.9. The molecule has 0 unspecified atom stereocenters. The number of nitrogens with one attached hydrogen (secondary N) is 1. The topological polar surface area (TPSA) is 71.8 Å². The number of anilines is 1. The first-order chi connectivity index (χ1) is 15.6. The van der Waals surface area contributed by atoms with Gasteiger partial charge in [-0.05, 0) is 43.0 Å². The number of hydrogen-bond acceptors (Lipinski definition) is 6. The maximum absolute atomic E-state index is 13.2. The fraction of sp³-hybridized carbons (Fsp3) is 0.333. The van der Waals surface area contributed by atoms with Crippen molar-refractivity contribution in [3.63, 3.8) is 0 Å². The molecule has 0 atom stereocenters. The molecule has 1 aliphatic rings. The van der Waals surface area contributed by atoms with Gasteiger partial charge in [-0.25, -0.2) is 4.98 Å². The summed E-state index contributed by atoms with van der Waals surface area (Å²) in [5.41, 5.74) is 3.77. The van der Waals surface area contributed by atoms with E-state index in [0.717, 1.165) is 65.0 Å². The van der Waals surface area contributed by atoms with Crippen LogP contribution in [-0.4, -0.2) is 44.1 Å². The van der Waals surface area contributed by atoms with Crippen molar-refractivity contribution in [1.29, 1.82) is 0 Å². The van der Waals surface area contributed by atoms with Crippen LogP contribution >= 0.6 is 0 Å². The molecule has 0 spiro atoms. The highest BCUT2D eigenvalue weighted by molar-refractivity contribution is 5.99. The van der Waals surface area contributed by atoms with Gasteiger partial charge in [0.2, 0.25) is 5.95 Å². The largest absolute Gasteiger partial charge is 0.354 e. The molecule has 32 heavy (non-hydrogen) atoms. The standard InChI is InChI=1S/C24H26FN7/c1-16-13-22(25)27-15-17(16)14-26-18-8-11-32(12-9-18)24-20-6-4-3-5-19(20)23(29-30-24)21-7-10-28-31(21)2/h3-7,10,13,15,18,26H,8-9,11-12,14H2,1-2H3. The number of aromatic nitrogens is 5. The van der Waals surface area contributed by atoms with Crippen molar-refractivity contribution < 1.29 is 4.39 Å². The van der Waals surface area contributed by atoms with Gasteiger partial charge in [0.1, 0.15) is 5.69 Å². The zero-order valence-corrected chi connectivity index (χ0v) is 18.3. The van der Waals surface area contributed by atoms with E-state index in [-0.39, 0.29) is 0 Å². The van der Waals surface area contributed by atoms with Gasteiger partial charge in [-0.1, -0.05) is 24.3 Å². The van der Waals surface area contributed by atoms with Gasteiger partial charge in [0.15, 0.2) is 5.82 Å². The first-order valence-electron chi connectivity index (χ1n) is 10.9. The average Bonchev–Trinajstić information content (AvgIpc) is 3.24. The molecule has 0 aliphatic carbocycles. The molecule has 3 aromatic heterocycles. The van der Waals surface area contributed by atoms with E-state index >= 15 is 0 Å². The lowest BCUT2D eigenvalue weighted by Crippen LogP contribution is -2.42. The number of fused-ring (bicyclic) bond motifs is 1. The van der Waals surface area contributed by atoms with Crippen LogP contribution in [0.15, 0.2) is 48.8 Å². The van der Waals surface area contributed by atoms with Crippen LogP contribution in [-0.2, 0) is 13.6 Å². The summed E-state index contributed by atoms with van der Waals surface area (Å²) in [6.07, 6.45) is 5.42. The molecule has 4 heterocycles. The van der Waals surface area contributed by atoms with E-state index in [1.807, 2.05) is 36.9 Å². The van der Waals surface area contributed by atoms with Gasteiger partial charge in [0.25, 0.3) is 0 Å². The Morgan fingerprint density at radius 3 is 2.59 bits per heavy atom. The second kappa shape index (κ2) is 8.63. The summed E-state index contributed by atoms with van der Waals surface area (Å²) in [6, 6.07) is 12.2. The third kappa shape index (κ3) is 3.93. The Kier molecular flexibility index (Phi) is 5.53. The Morgan fingerprint density at radius 1 is 1.09 bits per heavy atom. The molecule has 0 bridgehead atoms. The molecule has 1 saturated heterocycles. The predicted molar refractivity (Wildman–Crippen MR) is 123 cm³/mol. The summed E-state index contributed by atoms with van der Waals surface area (Å²) in [5.74, 6) is 0.505. The molecular weight excluding hydrogens is 405 g/mol. The molecule has 7 nitrogen and oxygen atoms in total. The Hall–Kier alpha value is -3.39. The summed E-state index contributed by atoms with van der Waals surface area (Å²) in [7, 11) is 1.92. The number of pyridine rings is 1. The van der Waals surface area contributed by atoms with Gasteiger partial charge in [-0.2, -0.15) is 9.49 Å². The van der Waals surface area contributed by atoms with Crippen LogP contribution in [0.1, 0.15) is 24.0 Å². The van der Waals surface area contributed by atoms with Crippen LogP contribution in [0, 0.1) is 12.9 Å². The maximum atomic E-state index is 13.2. The molecule has 1 N–H and O–H groups in total. The smallest absolute Gasteiger partial charge is 0.213 e. The predicted octanol–water partition coefficient (Wildman–Crippen LogP) is 3.63. The van der Waals surface area contributed by atoms with Crippen LogP contribution in [0.2, 0.25) is 0 Å². The molecule has 1 fully saturated rings. The van der Waals surface area contributed by atoms with Crippen LogP contribution < -0.4 is 10.2 Å². The van der Waals surface area contributed by atoms with Gasteiger partial charge in [0.05, 0.1) is 5.69 Å². The second-order valence-electron chi connectivity index (χ2n) is 8.33. The van der Waals surface area contributed by atoms with Crippen molar-refractivity contribution >= 4 is 16.6 Å². The molecule has 1 aromatic carbocycles. The number of halogens is 1. The highest BCUT2D eigenvalue weighted by Crippen LogP contribution is 2.32. The first-order valence-corrected chi connectivity index (χ1v) is 10.9. The zero-order valence-electron chi connectivity index (χ0n) is 18.3. The number of piperidine rings is 1. The minimum atomic E-state index is -0.428. The van der Waals surface area contributed by atoms with Crippen molar-refractivity contribution in [2.75, 3.05) is 18.0 Å². The van der Waals surface area contributed by atoms with E-state index in [1.165, 1.54) is 6.07 Å². The van der Waals surface area contributed by atoms with Gasteiger partial charge in [-0.3, -0.25) is 4.68 Å². The van der Waals surface area contributed by atoms with E-state index in [1.54, 1.807) is 12.4 Å². The average molecular weight is 432 g/mol. The first kappa shape index (κ1) is 20.5. The Labute approximate surface area is 186 Å². The fourth-order valence-electron chi connectivity index (χ4n) is 4.40. The summed E-state index contributed by atoms with van der Waals surface area (Å²) < 4.78 is 15.1. The Bertz CT molecular complexity index is 1240. The van der Waals surface area contributed by atoms with E-state index in [0.29, 0.717) is 12.6 Å². The molecule has 0 radical (unpaired) electrons. The minimum absolute atomic E-state index is 0.406. The van der Waals surface area contributed by atoms with E-state index in [4.69, 9.17) is 0 Å². The molecular formula is C24H26FN7. The van der Waals surface area contributed by atoms with Gasteiger partial charge < -0.3 is 10.2 Å². The van der Waals surface area contributed by atoms with Crippen molar-refractivity contribution in [3.05, 3.63) is 65.9 Å². The quantitative estimate of drug-likeness (QED) is 0.487. The number of rotatable bonds is 5. The van der Waals surface area contributed by atoms with E-state index in [2.05, 4.69) is 42.6 Å². The highest BCUT2D eigenvalue weighted by Gasteiger charge is 2.23. The van der Waals surface area contributed by atoms with Crippen molar-refractivity contribution in [2.24, 2.45) is 7.05 Å². The minimum Gasteiger partial charge on any atom is -0.354 e. The molecule has 5 rings (SSSR count). The lowest BCUT2D eigenvalue weighted by atomic mass is 10.0. The third-order valence-electron chi connectivity index (χ3n) is 6.29. The molecule has 1 aliphatic heterocycles. The number of nitrogens with zero attached hydrogens (tertiary/aromatic N) is 6. The van der Waals surface area contributed by atoms with E-state index in [9.17, 15) is 4.39 Å². The SMILES string of the molecule is Cc1cc(F)ncc1CNC1CCN(c2nnc(-c3ccnn3C)c3ccccc23)CC1. The maximum Gasteiger partial charge on any atom is 0.213 e. The molecule has 0 saturated carbocycles. The highest BCUT2D eigenvalue weighted by atomic mass is 19.1. The van der Waals surface area contributed by atoms with Gasteiger partial charge in [-0.15, -0.1) is 10.2 Å². The fourth-order valence-corrected chi connectivity index (χ4v) is 4.40. The summed E-state index contributed by atoms with van der Waals surface area (Å²) in [4.78, 5) is 6.10.